The van der Waals surface area contributed by atoms with Crippen molar-refractivity contribution < 1.29 is 4.39 Å². The molecule has 2 aromatic carbocycles. The zero-order valence-corrected chi connectivity index (χ0v) is 13.8. The molecular formula is C18H21FN6. The molecule has 0 bridgehead atoms. The van der Waals surface area contributed by atoms with Crippen molar-refractivity contribution in [2.75, 3.05) is 13.1 Å². The summed E-state index contributed by atoms with van der Waals surface area (Å²) in [5, 5.41) is 2.00. The summed E-state index contributed by atoms with van der Waals surface area (Å²) in [6.45, 7) is 1.88. The van der Waals surface area contributed by atoms with E-state index in [1.165, 1.54) is 12.1 Å². The average Bonchev–Trinajstić information content (AvgIpc) is 3.08. The fourth-order valence-electron chi connectivity index (χ4n) is 2.69. The maximum atomic E-state index is 13.3. The first-order valence-corrected chi connectivity index (χ1v) is 8.16. The SMILES string of the molecule is NC(=Nc1ccc(-c2cccc(F)c2)cc1)N=C(N)NN1CCCC1. The highest BCUT2D eigenvalue weighted by atomic mass is 19.1. The summed E-state index contributed by atoms with van der Waals surface area (Å²) in [5.74, 6) is 0.0291. The molecule has 1 aliphatic heterocycles. The second-order valence-corrected chi connectivity index (χ2v) is 5.83. The molecule has 1 aliphatic rings. The van der Waals surface area contributed by atoms with Crippen LogP contribution in [0.5, 0.6) is 0 Å². The van der Waals surface area contributed by atoms with Crippen LogP contribution in [0.25, 0.3) is 11.1 Å². The highest BCUT2D eigenvalue weighted by molar-refractivity contribution is 5.94. The second kappa shape index (κ2) is 7.76. The maximum absolute atomic E-state index is 13.3. The smallest absolute Gasteiger partial charge is 0.223 e. The van der Waals surface area contributed by atoms with Crippen LogP contribution >= 0.6 is 0 Å². The Balaban J connectivity index is 1.68. The van der Waals surface area contributed by atoms with Crippen LogP contribution in [0.4, 0.5) is 10.1 Å². The molecule has 25 heavy (non-hydrogen) atoms. The molecule has 1 heterocycles. The number of nitrogens with two attached hydrogens (primary N) is 2. The van der Waals surface area contributed by atoms with Crippen molar-refractivity contribution in [2.24, 2.45) is 21.5 Å². The van der Waals surface area contributed by atoms with E-state index in [1.807, 2.05) is 23.2 Å². The lowest BCUT2D eigenvalue weighted by molar-refractivity contribution is 0.294. The lowest BCUT2D eigenvalue weighted by Gasteiger charge is -2.16. The van der Waals surface area contributed by atoms with E-state index in [0.717, 1.165) is 37.1 Å². The Morgan fingerprint density at radius 1 is 1.00 bits per heavy atom. The van der Waals surface area contributed by atoms with Gasteiger partial charge in [0, 0.05) is 13.1 Å². The van der Waals surface area contributed by atoms with Gasteiger partial charge in [0.25, 0.3) is 0 Å². The molecule has 1 saturated heterocycles. The monoisotopic (exact) mass is 340 g/mol. The highest BCUT2D eigenvalue weighted by Gasteiger charge is 2.11. The van der Waals surface area contributed by atoms with Gasteiger partial charge < -0.3 is 11.5 Å². The van der Waals surface area contributed by atoms with Crippen LogP contribution in [-0.2, 0) is 0 Å². The normalized spacial score (nSPS) is 16.2. The predicted octanol–water partition coefficient (Wildman–Crippen LogP) is 2.35. The molecule has 0 atom stereocenters. The lowest BCUT2D eigenvalue weighted by Crippen LogP contribution is -2.45. The summed E-state index contributed by atoms with van der Waals surface area (Å²) in [5.41, 5.74) is 17.0. The second-order valence-electron chi connectivity index (χ2n) is 5.83. The van der Waals surface area contributed by atoms with Gasteiger partial charge in [0.1, 0.15) is 5.82 Å². The Morgan fingerprint density at radius 2 is 1.72 bits per heavy atom. The van der Waals surface area contributed by atoms with Gasteiger partial charge in [0.05, 0.1) is 5.69 Å². The minimum atomic E-state index is -0.265. The standard InChI is InChI=1S/C18H21FN6/c19-15-5-3-4-14(12-15)13-6-8-16(9-7-13)22-17(20)23-18(21)24-25-10-1-2-11-25/h3-9,12H,1-2,10-11H2,(H5,20,21,22,23,24). The molecule has 2 aromatic rings. The van der Waals surface area contributed by atoms with E-state index in [9.17, 15) is 4.39 Å². The molecule has 1 fully saturated rings. The van der Waals surface area contributed by atoms with Crippen molar-refractivity contribution in [1.82, 2.24) is 10.4 Å². The van der Waals surface area contributed by atoms with Gasteiger partial charge >= 0.3 is 0 Å². The molecule has 0 unspecified atom stereocenters. The van der Waals surface area contributed by atoms with Gasteiger partial charge in [-0.2, -0.15) is 4.99 Å². The van der Waals surface area contributed by atoms with Crippen LogP contribution in [0.15, 0.2) is 58.5 Å². The van der Waals surface area contributed by atoms with Gasteiger partial charge in [-0.3, -0.25) is 5.43 Å². The molecule has 7 heteroatoms. The molecule has 6 nitrogen and oxygen atoms in total. The Bertz CT molecular complexity index is 778. The average molecular weight is 340 g/mol. The number of nitrogens with one attached hydrogen (secondary N) is 1. The van der Waals surface area contributed by atoms with Crippen molar-refractivity contribution in [1.29, 1.82) is 0 Å². The summed E-state index contributed by atoms with van der Waals surface area (Å²) in [6.07, 6.45) is 2.28. The number of benzene rings is 2. The van der Waals surface area contributed by atoms with Crippen molar-refractivity contribution in [3.05, 3.63) is 54.3 Å². The molecule has 0 aromatic heterocycles. The van der Waals surface area contributed by atoms with E-state index in [0.29, 0.717) is 5.69 Å². The van der Waals surface area contributed by atoms with Gasteiger partial charge in [-0.25, -0.2) is 14.4 Å². The van der Waals surface area contributed by atoms with Gasteiger partial charge in [-0.1, -0.05) is 24.3 Å². The molecule has 130 valence electrons. The third-order valence-corrected chi connectivity index (χ3v) is 3.88. The number of nitrogens with zero attached hydrogens (tertiary/aromatic N) is 3. The van der Waals surface area contributed by atoms with Gasteiger partial charge in [0.2, 0.25) is 11.9 Å². The van der Waals surface area contributed by atoms with E-state index in [-0.39, 0.29) is 17.7 Å². The van der Waals surface area contributed by atoms with Crippen molar-refractivity contribution >= 4 is 17.6 Å². The first kappa shape index (κ1) is 16.9. The largest absolute Gasteiger partial charge is 0.368 e. The molecule has 0 saturated carbocycles. The van der Waals surface area contributed by atoms with Crippen molar-refractivity contribution in [3.63, 3.8) is 0 Å². The van der Waals surface area contributed by atoms with Gasteiger partial charge in [-0.05, 0) is 48.2 Å². The highest BCUT2D eigenvalue weighted by Crippen LogP contribution is 2.23. The Morgan fingerprint density at radius 3 is 2.40 bits per heavy atom. The minimum Gasteiger partial charge on any atom is -0.368 e. The number of aliphatic imine (C=N–C) groups is 2. The van der Waals surface area contributed by atoms with Crippen LogP contribution in [0, 0.1) is 5.82 Å². The Hall–Kier alpha value is -2.93. The zero-order chi connectivity index (χ0) is 17.6. The Labute approximate surface area is 146 Å². The van der Waals surface area contributed by atoms with Crippen LogP contribution in [0.3, 0.4) is 0 Å². The van der Waals surface area contributed by atoms with E-state index < -0.39 is 0 Å². The third-order valence-electron chi connectivity index (χ3n) is 3.88. The Kier molecular flexibility index (Phi) is 5.25. The first-order chi connectivity index (χ1) is 12.1. The maximum Gasteiger partial charge on any atom is 0.223 e. The summed E-state index contributed by atoms with van der Waals surface area (Å²) in [7, 11) is 0. The zero-order valence-electron chi connectivity index (χ0n) is 13.8. The number of rotatable bonds is 3. The number of halogens is 1. The molecule has 0 spiro atoms. The number of hydrogen-bond acceptors (Lipinski definition) is 2. The van der Waals surface area contributed by atoms with Gasteiger partial charge in [-0.15, -0.1) is 0 Å². The molecule has 3 rings (SSSR count). The van der Waals surface area contributed by atoms with Crippen LogP contribution in [0.2, 0.25) is 0 Å². The molecule has 5 N–H and O–H groups in total. The van der Waals surface area contributed by atoms with E-state index in [1.54, 1.807) is 18.2 Å². The van der Waals surface area contributed by atoms with Crippen LogP contribution in [0.1, 0.15) is 12.8 Å². The van der Waals surface area contributed by atoms with E-state index >= 15 is 0 Å². The van der Waals surface area contributed by atoms with Crippen LogP contribution < -0.4 is 16.9 Å². The number of hydrogen-bond donors (Lipinski definition) is 3. The summed E-state index contributed by atoms with van der Waals surface area (Å²) < 4.78 is 13.3. The quantitative estimate of drug-likeness (QED) is 0.591. The molecule has 0 aliphatic carbocycles. The summed E-state index contributed by atoms with van der Waals surface area (Å²) >= 11 is 0. The summed E-state index contributed by atoms with van der Waals surface area (Å²) in [4.78, 5) is 8.27. The van der Waals surface area contributed by atoms with Crippen LogP contribution in [-0.4, -0.2) is 30.0 Å². The fourth-order valence-corrected chi connectivity index (χ4v) is 2.69. The van der Waals surface area contributed by atoms with E-state index in [2.05, 4.69) is 15.4 Å². The molecular weight excluding hydrogens is 319 g/mol. The number of guanidine groups is 2. The van der Waals surface area contributed by atoms with Gasteiger partial charge in [0.15, 0.2) is 0 Å². The lowest BCUT2D eigenvalue weighted by atomic mass is 10.1. The minimum absolute atomic E-state index is 0.0719. The van der Waals surface area contributed by atoms with E-state index in [4.69, 9.17) is 11.5 Å². The predicted molar refractivity (Wildman–Crippen MR) is 98.7 cm³/mol. The first-order valence-electron chi connectivity index (χ1n) is 8.16. The third kappa shape index (κ3) is 4.77. The summed E-state index contributed by atoms with van der Waals surface area (Å²) in [6, 6.07) is 13.7. The topological polar surface area (TPSA) is 92.0 Å². The molecule has 0 amide bonds. The van der Waals surface area contributed by atoms with Crippen molar-refractivity contribution in [2.45, 2.75) is 12.8 Å². The molecule has 0 radical (unpaired) electrons. The van der Waals surface area contributed by atoms with Crippen molar-refractivity contribution in [3.8, 4) is 11.1 Å². The number of hydrazine groups is 1. The fraction of sp³-hybridized carbons (Fsp3) is 0.222.